The zero-order chi connectivity index (χ0) is 17.0. The average Bonchev–Trinajstić information content (AvgIpc) is 3.06. The van der Waals surface area contributed by atoms with Gasteiger partial charge in [0.2, 0.25) is 9.84 Å². The first-order valence-corrected chi connectivity index (χ1v) is 9.63. The second-order valence-corrected chi connectivity index (χ2v) is 8.10. The van der Waals surface area contributed by atoms with E-state index in [1.807, 2.05) is 25.1 Å². The Balaban J connectivity index is 1.66. The van der Waals surface area contributed by atoms with Gasteiger partial charge < -0.3 is 4.74 Å². The smallest absolute Gasteiger partial charge is 0.205 e. The van der Waals surface area contributed by atoms with Gasteiger partial charge >= 0.3 is 0 Å². The Hall–Kier alpha value is -2.14. The van der Waals surface area contributed by atoms with Crippen molar-refractivity contribution in [2.24, 2.45) is 4.99 Å². The van der Waals surface area contributed by atoms with Gasteiger partial charge in [-0.15, -0.1) is 0 Å². The maximum atomic E-state index is 12.8. The molecule has 2 aromatic carbocycles. The third-order valence-electron chi connectivity index (χ3n) is 4.23. The summed E-state index contributed by atoms with van der Waals surface area (Å²) < 4.78 is 31.1. The van der Waals surface area contributed by atoms with Crippen LogP contribution in [0.2, 0.25) is 0 Å². The molecule has 0 radical (unpaired) electrons. The summed E-state index contributed by atoms with van der Waals surface area (Å²) in [5.41, 5.74) is 2.27. The van der Waals surface area contributed by atoms with Gasteiger partial charge in [-0.2, -0.15) is 0 Å². The van der Waals surface area contributed by atoms with Gasteiger partial charge in [0.15, 0.2) is 11.8 Å². The lowest BCUT2D eigenvalue weighted by Gasteiger charge is -2.17. The van der Waals surface area contributed by atoms with Crippen molar-refractivity contribution >= 4 is 16.2 Å². The minimum absolute atomic E-state index is 0.300. The van der Waals surface area contributed by atoms with Crippen LogP contribution in [0.3, 0.4) is 0 Å². The molecule has 0 bridgehead atoms. The molecular formula is C19H21NO3S. The lowest BCUT2D eigenvalue weighted by molar-refractivity contribution is 0.207. The molecule has 2 atom stereocenters. The van der Waals surface area contributed by atoms with Crippen LogP contribution in [0.1, 0.15) is 24.0 Å². The number of hydrogen-bond donors (Lipinski definition) is 0. The summed E-state index contributed by atoms with van der Waals surface area (Å²) >= 11 is 0. The highest BCUT2D eigenvalue weighted by atomic mass is 32.2. The van der Waals surface area contributed by atoms with Gasteiger partial charge in [0.1, 0.15) is 6.10 Å². The first-order valence-electron chi connectivity index (χ1n) is 8.09. The number of ether oxygens (including phenoxy) is 1. The molecular weight excluding hydrogens is 322 g/mol. The summed E-state index contributed by atoms with van der Waals surface area (Å²) in [7, 11) is -3.52. The molecule has 1 aliphatic heterocycles. The van der Waals surface area contributed by atoms with Crippen molar-refractivity contribution in [1.82, 2.24) is 0 Å². The predicted molar refractivity (Wildman–Crippen MR) is 94.9 cm³/mol. The maximum absolute atomic E-state index is 12.8. The van der Waals surface area contributed by atoms with E-state index >= 15 is 0 Å². The molecule has 1 aliphatic rings. The number of hydrogen-bond acceptors (Lipinski definition) is 4. The fraction of sp³-hybridized carbons (Fsp3) is 0.316. The van der Waals surface area contributed by atoms with E-state index in [0.717, 1.165) is 18.4 Å². The molecule has 2 aromatic rings. The SMILES string of the molecule is Cc1ccc(S(=O)(=O)[C@@H]2N=CO[C@H]2CCCc2ccccc2)cc1. The Morgan fingerprint density at radius 3 is 2.46 bits per heavy atom. The van der Waals surface area contributed by atoms with E-state index in [0.29, 0.717) is 11.3 Å². The summed E-state index contributed by atoms with van der Waals surface area (Å²) in [6, 6.07) is 17.0. The van der Waals surface area contributed by atoms with Crippen LogP contribution in [0.4, 0.5) is 0 Å². The van der Waals surface area contributed by atoms with Crippen molar-refractivity contribution in [2.75, 3.05) is 0 Å². The van der Waals surface area contributed by atoms with Gasteiger partial charge in [-0.05, 0) is 43.9 Å². The van der Waals surface area contributed by atoms with Crippen LogP contribution in [0.5, 0.6) is 0 Å². The van der Waals surface area contributed by atoms with Crippen molar-refractivity contribution < 1.29 is 13.2 Å². The number of sulfone groups is 1. The van der Waals surface area contributed by atoms with Gasteiger partial charge in [-0.3, -0.25) is 0 Å². The summed E-state index contributed by atoms with van der Waals surface area (Å²) in [5, 5.41) is -0.851. The quantitative estimate of drug-likeness (QED) is 0.806. The van der Waals surface area contributed by atoms with Crippen LogP contribution in [-0.4, -0.2) is 26.3 Å². The van der Waals surface area contributed by atoms with E-state index in [9.17, 15) is 8.42 Å². The van der Waals surface area contributed by atoms with Gasteiger partial charge in [-0.25, -0.2) is 13.4 Å². The van der Waals surface area contributed by atoms with Crippen LogP contribution in [0.15, 0.2) is 64.5 Å². The van der Waals surface area contributed by atoms with E-state index in [4.69, 9.17) is 4.74 Å². The normalized spacial score (nSPS) is 20.0. The largest absolute Gasteiger partial charge is 0.477 e. The van der Waals surface area contributed by atoms with E-state index in [1.54, 1.807) is 24.3 Å². The van der Waals surface area contributed by atoms with E-state index in [1.165, 1.54) is 12.0 Å². The van der Waals surface area contributed by atoms with Crippen LogP contribution in [-0.2, 0) is 21.0 Å². The summed E-state index contributed by atoms with van der Waals surface area (Å²) in [5.74, 6) is 0. The van der Waals surface area contributed by atoms with Crippen molar-refractivity contribution in [3.05, 3.63) is 65.7 Å². The molecule has 0 saturated heterocycles. The Morgan fingerprint density at radius 2 is 1.75 bits per heavy atom. The fourth-order valence-electron chi connectivity index (χ4n) is 2.85. The van der Waals surface area contributed by atoms with Gasteiger partial charge in [0.05, 0.1) is 4.90 Å². The van der Waals surface area contributed by atoms with Crippen molar-refractivity contribution in [3.63, 3.8) is 0 Å². The predicted octanol–water partition coefficient (Wildman–Crippen LogP) is 3.54. The average molecular weight is 343 g/mol. The molecule has 1 heterocycles. The van der Waals surface area contributed by atoms with Crippen LogP contribution >= 0.6 is 0 Å². The number of nitrogens with zero attached hydrogens (tertiary/aromatic N) is 1. The van der Waals surface area contributed by atoms with Crippen molar-refractivity contribution in [2.45, 2.75) is 42.6 Å². The molecule has 3 rings (SSSR count). The highest BCUT2D eigenvalue weighted by molar-refractivity contribution is 7.92. The molecule has 24 heavy (non-hydrogen) atoms. The lowest BCUT2D eigenvalue weighted by Crippen LogP contribution is -2.30. The molecule has 0 spiro atoms. The standard InChI is InChI=1S/C19H21NO3S/c1-15-10-12-17(13-11-15)24(21,22)19-18(23-14-20-19)9-5-8-16-6-3-2-4-7-16/h2-4,6-7,10-14,18-19H,5,8-9H2,1H3/t18-,19-/m0/s1. The van der Waals surface area contributed by atoms with Crippen molar-refractivity contribution in [1.29, 1.82) is 0 Å². The number of rotatable bonds is 6. The second-order valence-electron chi connectivity index (χ2n) is 6.06. The van der Waals surface area contributed by atoms with E-state index < -0.39 is 21.3 Å². The Morgan fingerprint density at radius 1 is 1.04 bits per heavy atom. The van der Waals surface area contributed by atoms with Gasteiger partial charge in [-0.1, -0.05) is 48.0 Å². The fourth-order valence-corrected chi connectivity index (χ4v) is 4.45. The lowest BCUT2D eigenvalue weighted by atomic mass is 10.1. The Kier molecular flexibility index (Phi) is 5.00. The Bertz CT molecular complexity index is 798. The monoisotopic (exact) mass is 343 g/mol. The van der Waals surface area contributed by atoms with Crippen LogP contribution < -0.4 is 0 Å². The van der Waals surface area contributed by atoms with Crippen LogP contribution in [0, 0.1) is 6.92 Å². The first kappa shape index (κ1) is 16.7. The first-order chi connectivity index (χ1) is 11.6. The molecule has 0 aliphatic carbocycles. The minimum atomic E-state index is -3.52. The van der Waals surface area contributed by atoms with Crippen molar-refractivity contribution in [3.8, 4) is 0 Å². The summed E-state index contributed by atoms with van der Waals surface area (Å²) in [4.78, 5) is 4.38. The second kappa shape index (κ2) is 7.18. The van der Waals surface area contributed by atoms with Crippen LogP contribution in [0.25, 0.3) is 0 Å². The van der Waals surface area contributed by atoms with E-state index in [2.05, 4.69) is 17.1 Å². The summed E-state index contributed by atoms with van der Waals surface area (Å²) in [6.07, 6.45) is 3.28. The third-order valence-corrected chi connectivity index (χ3v) is 6.22. The molecule has 0 amide bonds. The number of aryl methyl sites for hydroxylation is 2. The summed E-state index contributed by atoms with van der Waals surface area (Å²) in [6.45, 7) is 1.93. The van der Waals surface area contributed by atoms with Gasteiger partial charge in [0.25, 0.3) is 0 Å². The molecule has 126 valence electrons. The molecule has 5 heteroatoms. The molecule has 4 nitrogen and oxygen atoms in total. The topological polar surface area (TPSA) is 55.7 Å². The molecule has 0 unspecified atom stereocenters. The van der Waals surface area contributed by atoms with E-state index in [-0.39, 0.29) is 0 Å². The molecule has 0 aromatic heterocycles. The molecule has 0 fully saturated rings. The Labute approximate surface area is 143 Å². The highest BCUT2D eigenvalue weighted by Crippen LogP contribution is 2.26. The zero-order valence-electron chi connectivity index (χ0n) is 13.6. The highest BCUT2D eigenvalue weighted by Gasteiger charge is 2.38. The number of benzene rings is 2. The third kappa shape index (κ3) is 3.67. The number of aliphatic imine (C=N–C) groups is 1. The minimum Gasteiger partial charge on any atom is -0.477 e. The zero-order valence-corrected chi connectivity index (χ0v) is 14.4. The molecule has 0 N–H and O–H groups in total. The van der Waals surface area contributed by atoms with Gasteiger partial charge in [0, 0.05) is 0 Å². The molecule has 0 saturated carbocycles. The maximum Gasteiger partial charge on any atom is 0.205 e.